The summed E-state index contributed by atoms with van der Waals surface area (Å²) in [4.78, 5) is 0. The smallest absolute Gasteiger partial charge is 0.125 e. The molecular weight excluding hydrogens is 287 g/mol. The molecule has 0 fully saturated rings. The summed E-state index contributed by atoms with van der Waals surface area (Å²) in [7, 11) is 0. The highest BCUT2D eigenvalue weighted by Gasteiger charge is 2.03. The molecule has 0 amide bonds. The summed E-state index contributed by atoms with van der Waals surface area (Å²) < 4.78 is 19.3. The van der Waals surface area contributed by atoms with Crippen molar-refractivity contribution in [1.82, 2.24) is 0 Å². The number of ether oxygens (including phenoxy) is 1. The molecule has 23 heavy (non-hydrogen) atoms. The van der Waals surface area contributed by atoms with Crippen LogP contribution in [0.3, 0.4) is 0 Å². The lowest BCUT2D eigenvalue weighted by molar-refractivity contribution is 0.306. The normalized spacial score (nSPS) is 10.1. The molecule has 0 unspecified atom stereocenters. The molecule has 0 N–H and O–H groups in total. The van der Waals surface area contributed by atoms with E-state index < -0.39 is 0 Å². The van der Waals surface area contributed by atoms with Crippen LogP contribution in [0, 0.1) is 18.2 Å². The Hall–Kier alpha value is -3.05. The molecule has 0 bridgehead atoms. The average molecular weight is 302 g/mol. The number of rotatable bonds is 4. The van der Waals surface area contributed by atoms with Gasteiger partial charge in [0, 0.05) is 5.56 Å². The molecule has 2 heteroatoms. The summed E-state index contributed by atoms with van der Waals surface area (Å²) in [5.41, 5.74) is 3.30. The molecule has 3 aromatic carbocycles. The highest BCUT2D eigenvalue weighted by atomic mass is 19.1. The average Bonchev–Trinajstić information content (AvgIpc) is 2.60. The maximum atomic E-state index is 13.6. The van der Waals surface area contributed by atoms with Gasteiger partial charge in [-0.25, -0.2) is 4.39 Å². The predicted molar refractivity (Wildman–Crippen MR) is 90.5 cm³/mol. The van der Waals surface area contributed by atoms with Crippen molar-refractivity contribution in [3.63, 3.8) is 0 Å². The van der Waals surface area contributed by atoms with Crippen molar-refractivity contribution in [3.8, 4) is 29.2 Å². The van der Waals surface area contributed by atoms with Gasteiger partial charge in [-0.1, -0.05) is 48.4 Å². The van der Waals surface area contributed by atoms with Gasteiger partial charge in [0.2, 0.25) is 0 Å². The minimum absolute atomic E-state index is 0.333. The van der Waals surface area contributed by atoms with Crippen molar-refractivity contribution >= 4 is 0 Å². The molecule has 0 radical (unpaired) electrons. The minimum atomic E-state index is -0.333. The van der Waals surface area contributed by atoms with Crippen LogP contribution >= 0.6 is 0 Å². The van der Waals surface area contributed by atoms with Crippen LogP contribution in [0.4, 0.5) is 4.39 Å². The molecule has 0 aliphatic heterocycles. The second kappa shape index (κ2) is 6.81. The molecule has 0 aliphatic carbocycles. The molecule has 1 nitrogen and oxygen atoms in total. The Morgan fingerprint density at radius 3 is 2.30 bits per heavy atom. The number of halogens is 1. The number of terminal acetylenes is 1. The first-order valence-corrected chi connectivity index (χ1v) is 7.29. The predicted octanol–water partition coefficient (Wildman–Crippen LogP) is 5.05. The fraction of sp³-hybridized carbons (Fsp3) is 0.0476. The molecule has 0 aliphatic rings. The zero-order valence-corrected chi connectivity index (χ0v) is 12.5. The van der Waals surface area contributed by atoms with E-state index >= 15 is 0 Å². The van der Waals surface area contributed by atoms with E-state index in [2.05, 4.69) is 5.92 Å². The lowest BCUT2D eigenvalue weighted by Gasteiger charge is -2.08. The molecule has 0 aromatic heterocycles. The Morgan fingerprint density at radius 1 is 0.870 bits per heavy atom. The molecule has 3 aromatic rings. The lowest BCUT2D eigenvalue weighted by atomic mass is 10.0. The molecule has 0 saturated carbocycles. The molecular formula is C21H15FO. The minimum Gasteiger partial charge on any atom is -0.489 e. The molecule has 0 spiro atoms. The van der Waals surface area contributed by atoms with Crippen LogP contribution in [0.15, 0.2) is 72.8 Å². The van der Waals surface area contributed by atoms with E-state index in [1.807, 2.05) is 54.6 Å². The quantitative estimate of drug-likeness (QED) is 0.613. The van der Waals surface area contributed by atoms with Crippen LogP contribution in [0.5, 0.6) is 5.75 Å². The van der Waals surface area contributed by atoms with Crippen molar-refractivity contribution in [2.75, 3.05) is 0 Å². The molecule has 3 rings (SSSR count). The van der Waals surface area contributed by atoms with Crippen molar-refractivity contribution in [2.45, 2.75) is 6.61 Å². The van der Waals surface area contributed by atoms with Gasteiger partial charge in [-0.05, 0) is 47.0 Å². The van der Waals surface area contributed by atoms with E-state index in [4.69, 9.17) is 11.2 Å². The van der Waals surface area contributed by atoms with Crippen molar-refractivity contribution in [1.29, 1.82) is 0 Å². The van der Waals surface area contributed by atoms with E-state index in [0.717, 1.165) is 22.4 Å². The van der Waals surface area contributed by atoms with E-state index in [0.29, 0.717) is 12.2 Å². The monoisotopic (exact) mass is 302 g/mol. The van der Waals surface area contributed by atoms with E-state index in [-0.39, 0.29) is 5.82 Å². The lowest BCUT2D eigenvalue weighted by Crippen LogP contribution is -1.94. The largest absolute Gasteiger partial charge is 0.489 e. The van der Waals surface area contributed by atoms with Gasteiger partial charge < -0.3 is 4.74 Å². The van der Waals surface area contributed by atoms with Gasteiger partial charge in [0.15, 0.2) is 0 Å². The third kappa shape index (κ3) is 3.78. The zero-order valence-electron chi connectivity index (χ0n) is 12.5. The zero-order chi connectivity index (χ0) is 16.1. The molecule has 0 heterocycles. The highest BCUT2D eigenvalue weighted by molar-refractivity contribution is 5.66. The fourth-order valence-electron chi connectivity index (χ4n) is 2.32. The third-order valence-corrected chi connectivity index (χ3v) is 3.50. The maximum absolute atomic E-state index is 13.6. The second-order valence-electron chi connectivity index (χ2n) is 5.17. The fourth-order valence-corrected chi connectivity index (χ4v) is 2.32. The van der Waals surface area contributed by atoms with Gasteiger partial charge in [0.05, 0.1) is 0 Å². The maximum Gasteiger partial charge on any atom is 0.125 e. The summed E-state index contributed by atoms with van der Waals surface area (Å²) >= 11 is 0. The Bertz CT molecular complexity index is 830. The number of hydrogen-bond donors (Lipinski definition) is 0. The van der Waals surface area contributed by atoms with Crippen LogP contribution in [-0.4, -0.2) is 0 Å². The number of benzene rings is 3. The standard InChI is InChI=1S/C21H15FO/c1-2-16-12-19(14-20(22)13-16)18-8-10-21(11-9-18)23-15-17-6-4-3-5-7-17/h1,3-14H,15H2. The van der Waals surface area contributed by atoms with Crippen LogP contribution < -0.4 is 4.74 Å². The topological polar surface area (TPSA) is 9.23 Å². The summed E-state index contributed by atoms with van der Waals surface area (Å²) in [6, 6.07) is 22.1. The van der Waals surface area contributed by atoms with Crippen molar-refractivity contribution < 1.29 is 9.13 Å². The molecule has 0 atom stereocenters. The first-order chi connectivity index (χ1) is 11.2. The Morgan fingerprint density at radius 2 is 1.61 bits per heavy atom. The van der Waals surface area contributed by atoms with Gasteiger partial charge in [-0.15, -0.1) is 6.42 Å². The Labute approximate surface area is 135 Å². The van der Waals surface area contributed by atoms with Gasteiger partial charge >= 0.3 is 0 Å². The summed E-state index contributed by atoms with van der Waals surface area (Å²) in [6.45, 7) is 0.515. The van der Waals surface area contributed by atoms with Crippen molar-refractivity contribution in [3.05, 3.63) is 89.7 Å². The molecule has 112 valence electrons. The summed E-state index contributed by atoms with van der Waals surface area (Å²) in [5, 5.41) is 0. The van der Waals surface area contributed by atoms with Crippen LogP contribution in [-0.2, 0) is 6.61 Å². The van der Waals surface area contributed by atoms with Gasteiger partial charge in [-0.3, -0.25) is 0 Å². The first kappa shape index (κ1) is 14.9. The van der Waals surface area contributed by atoms with Crippen LogP contribution in [0.25, 0.3) is 11.1 Å². The molecule has 0 saturated heterocycles. The van der Waals surface area contributed by atoms with Crippen molar-refractivity contribution in [2.24, 2.45) is 0 Å². The van der Waals surface area contributed by atoms with E-state index in [1.165, 1.54) is 12.1 Å². The van der Waals surface area contributed by atoms with Gasteiger partial charge in [0.1, 0.15) is 18.2 Å². The van der Waals surface area contributed by atoms with Crippen LogP contribution in [0.1, 0.15) is 11.1 Å². The third-order valence-electron chi connectivity index (χ3n) is 3.50. The van der Waals surface area contributed by atoms with E-state index in [9.17, 15) is 4.39 Å². The number of hydrogen-bond acceptors (Lipinski definition) is 1. The second-order valence-corrected chi connectivity index (χ2v) is 5.17. The highest BCUT2D eigenvalue weighted by Crippen LogP contribution is 2.24. The Kier molecular flexibility index (Phi) is 4.40. The SMILES string of the molecule is C#Cc1cc(F)cc(-c2ccc(OCc3ccccc3)cc2)c1. The summed E-state index contributed by atoms with van der Waals surface area (Å²) in [5.74, 6) is 2.90. The van der Waals surface area contributed by atoms with Gasteiger partial charge in [-0.2, -0.15) is 0 Å². The van der Waals surface area contributed by atoms with Gasteiger partial charge in [0.25, 0.3) is 0 Å². The van der Waals surface area contributed by atoms with E-state index in [1.54, 1.807) is 6.07 Å². The summed E-state index contributed by atoms with van der Waals surface area (Å²) in [6.07, 6.45) is 5.35. The Balaban J connectivity index is 1.75. The van der Waals surface area contributed by atoms with Crippen LogP contribution in [0.2, 0.25) is 0 Å². The first-order valence-electron chi connectivity index (χ1n) is 7.29.